The van der Waals surface area contributed by atoms with E-state index < -0.39 is 29.2 Å². The van der Waals surface area contributed by atoms with Crippen molar-refractivity contribution in [2.45, 2.75) is 37.9 Å². The lowest BCUT2D eigenvalue weighted by atomic mass is 10.2. The lowest BCUT2D eigenvalue weighted by molar-refractivity contribution is -0.139. The first-order chi connectivity index (χ1) is 11.1. The highest BCUT2D eigenvalue weighted by Gasteiger charge is 2.33. The third-order valence-corrected chi connectivity index (χ3v) is 4.14. The summed E-state index contributed by atoms with van der Waals surface area (Å²) in [5, 5.41) is 16.2. The molecular weight excluding hydrogens is 356 g/mol. The van der Waals surface area contributed by atoms with Crippen LogP contribution in [-0.2, 0) is 14.3 Å². The van der Waals surface area contributed by atoms with Crippen LogP contribution in [0.2, 0.25) is 0 Å². The topological polar surface area (TPSA) is 121 Å². The van der Waals surface area contributed by atoms with Gasteiger partial charge >= 0.3 is 12.1 Å². The molecule has 1 aliphatic rings. The second-order valence-corrected chi connectivity index (χ2v) is 7.32. The van der Waals surface area contributed by atoms with Crippen molar-refractivity contribution in [3.63, 3.8) is 0 Å². The maximum Gasteiger partial charge on any atom is 0.408 e. The first-order valence-electron chi connectivity index (χ1n) is 7.00. The summed E-state index contributed by atoms with van der Waals surface area (Å²) in [6.45, 7) is 5.13. The molecule has 0 bridgehead atoms. The number of carboxylic acids is 1. The van der Waals surface area contributed by atoms with Crippen LogP contribution in [0.3, 0.4) is 0 Å². The van der Waals surface area contributed by atoms with E-state index in [0.29, 0.717) is 5.13 Å². The van der Waals surface area contributed by atoms with Gasteiger partial charge in [-0.05, 0) is 20.8 Å². The van der Waals surface area contributed by atoms with Crippen molar-refractivity contribution in [1.82, 2.24) is 15.6 Å². The number of carbonyl (C=O) groups excluding carboxylic acids is 2. The van der Waals surface area contributed by atoms with Crippen LogP contribution in [0.1, 0.15) is 32.5 Å². The van der Waals surface area contributed by atoms with E-state index in [9.17, 15) is 19.5 Å². The van der Waals surface area contributed by atoms with Crippen molar-refractivity contribution in [1.29, 1.82) is 0 Å². The summed E-state index contributed by atoms with van der Waals surface area (Å²) in [6, 6.07) is -1.38. The van der Waals surface area contributed by atoms with Crippen LogP contribution in [-0.4, -0.2) is 45.7 Å². The zero-order valence-corrected chi connectivity index (χ0v) is 15.0. The van der Waals surface area contributed by atoms with E-state index >= 15 is 0 Å². The Bertz CT molecular complexity index is 657. The van der Waals surface area contributed by atoms with Crippen LogP contribution >= 0.6 is 24.0 Å². The SMILES string of the molecule is CC(C)(C)OC(=O)NC(C(=O)O)c1csc(N2C(=O)CNC2S)n1. The largest absolute Gasteiger partial charge is 0.479 e. The Kier molecular flexibility index (Phi) is 5.35. The lowest BCUT2D eigenvalue weighted by Gasteiger charge is -2.21. The predicted molar refractivity (Wildman–Crippen MR) is 90.1 cm³/mol. The molecule has 11 heteroatoms. The van der Waals surface area contributed by atoms with Gasteiger partial charge in [0.1, 0.15) is 11.1 Å². The molecule has 132 valence electrons. The molecule has 0 saturated carbocycles. The number of hydrogen-bond acceptors (Lipinski definition) is 8. The number of hydrogen-bond donors (Lipinski definition) is 4. The fourth-order valence-corrected chi connectivity index (χ4v) is 3.21. The first kappa shape index (κ1) is 18.5. The minimum Gasteiger partial charge on any atom is -0.479 e. The Morgan fingerprint density at radius 3 is 2.75 bits per heavy atom. The molecule has 0 aliphatic carbocycles. The molecule has 24 heavy (non-hydrogen) atoms. The molecule has 0 radical (unpaired) electrons. The molecule has 2 heterocycles. The van der Waals surface area contributed by atoms with Gasteiger partial charge in [0.25, 0.3) is 0 Å². The third kappa shape index (κ3) is 4.36. The van der Waals surface area contributed by atoms with Crippen molar-refractivity contribution in [3.05, 3.63) is 11.1 Å². The highest BCUT2D eigenvalue weighted by Crippen LogP contribution is 2.28. The zero-order chi connectivity index (χ0) is 18.1. The van der Waals surface area contributed by atoms with Crippen molar-refractivity contribution in [3.8, 4) is 0 Å². The molecule has 1 aliphatic heterocycles. The van der Waals surface area contributed by atoms with Gasteiger partial charge in [-0.3, -0.25) is 15.0 Å². The summed E-state index contributed by atoms with van der Waals surface area (Å²) in [7, 11) is 0. The number of aliphatic carboxylic acids is 1. The number of nitrogens with one attached hydrogen (secondary N) is 2. The molecular formula is C13H18N4O5S2. The number of rotatable bonds is 4. The number of carboxylic acid groups (broad SMARTS) is 1. The molecule has 1 aromatic heterocycles. The van der Waals surface area contributed by atoms with Crippen LogP contribution < -0.4 is 15.5 Å². The smallest absolute Gasteiger partial charge is 0.408 e. The van der Waals surface area contributed by atoms with Gasteiger partial charge in [-0.1, -0.05) is 0 Å². The summed E-state index contributed by atoms with van der Waals surface area (Å²) >= 11 is 5.31. The average Bonchev–Trinajstić information content (AvgIpc) is 3.01. The quantitative estimate of drug-likeness (QED) is 0.579. The molecule has 2 amide bonds. The minimum atomic E-state index is -1.38. The molecule has 3 N–H and O–H groups in total. The summed E-state index contributed by atoms with van der Waals surface area (Å²) in [6.07, 6.45) is -0.865. The minimum absolute atomic E-state index is 0.105. The molecule has 1 saturated heterocycles. The normalized spacial score (nSPS) is 19.2. The molecule has 0 spiro atoms. The number of ether oxygens (including phenoxy) is 1. The zero-order valence-electron chi connectivity index (χ0n) is 13.3. The van der Waals surface area contributed by atoms with E-state index in [-0.39, 0.29) is 18.1 Å². The lowest BCUT2D eigenvalue weighted by Crippen LogP contribution is -2.38. The maximum absolute atomic E-state index is 11.8. The second kappa shape index (κ2) is 6.95. The van der Waals surface area contributed by atoms with Crippen molar-refractivity contribution in [2.24, 2.45) is 0 Å². The summed E-state index contributed by atoms with van der Waals surface area (Å²) in [5.41, 5.74) is -1.18. The third-order valence-electron chi connectivity index (χ3n) is 2.87. The number of anilines is 1. The van der Waals surface area contributed by atoms with Gasteiger partial charge in [0.05, 0.1) is 12.2 Å². The highest BCUT2D eigenvalue weighted by atomic mass is 32.1. The Hall–Kier alpha value is -1.85. The van der Waals surface area contributed by atoms with E-state index in [4.69, 9.17) is 4.74 Å². The number of carbonyl (C=O) groups is 3. The molecule has 2 unspecified atom stereocenters. The van der Waals surface area contributed by atoms with Gasteiger partial charge in [0, 0.05) is 5.38 Å². The summed E-state index contributed by atoms with van der Waals surface area (Å²) < 4.78 is 5.06. The number of thiazole rings is 1. The van der Waals surface area contributed by atoms with Crippen LogP contribution in [0, 0.1) is 0 Å². The van der Waals surface area contributed by atoms with Crippen LogP contribution in [0.25, 0.3) is 0 Å². The van der Waals surface area contributed by atoms with Gasteiger partial charge in [-0.2, -0.15) is 0 Å². The maximum atomic E-state index is 11.8. The van der Waals surface area contributed by atoms with E-state index in [2.05, 4.69) is 28.2 Å². The monoisotopic (exact) mass is 374 g/mol. The van der Waals surface area contributed by atoms with Crippen LogP contribution in [0.4, 0.5) is 9.93 Å². The van der Waals surface area contributed by atoms with Gasteiger partial charge < -0.3 is 15.2 Å². The molecule has 9 nitrogen and oxygen atoms in total. The van der Waals surface area contributed by atoms with E-state index in [0.717, 1.165) is 11.3 Å². The van der Waals surface area contributed by atoms with Gasteiger partial charge in [0.2, 0.25) is 5.91 Å². The average molecular weight is 374 g/mol. The number of thiol groups is 1. The predicted octanol–water partition coefficient (Wildman–Crippen LogP) is 0.943. The van der Waals surface area contributed by atoms with Gasteiger partial charge in [0.15, 0.2) is 11.2 Å². The molecule has 1 aromatic rings. The van der Waals surface area contributed by atoms with Crippen molar-refractivity contribution in [2.75, 3.05) is 11.4 Å². The highest BCUT2D eigenvalue weighted by molar-refractivity contribution is 7.81. The Morgan fingerprint density at radius 1 is 1.58 bits per heavy atom. The van der Waals surface area contributed by atoms with E-state index in [1.807, 2.05) is 0 Å². The summed E-state index contributed by atoms with van der Waals surface area (Å²) in [5.74, 6) is -1.51. The van der Waals surface area contributed by atoms with Crippen LogP contribution in [0.5, 0.6) is 0 Å². The van der Waals surface area contributed by atoms with E-state index in [1.165, 1.54) is 10.3 Å². The fraction of sp³-hybridized carbons (Fsp3) is 0.538. The fourth-order valence-electron chi connectivity index (χ4n) is 1.91. The first-order valence-corrected chi connectivity index (χ1v) is 8.39. The standard InChI is InChI=1S/C13H18N4O5S2/c1-13(2,3)22-12(21)16-8(9(19)20)6-5-24-11(15-6)17-7(18)4-14-10(17)23/h5,8,10,14,23H,4H2,1-3H3,(H,16,21)(H,19,20). The Balaban J connectivity index is 2.16. The van der Waals surface area contributed by atoms with E-state index in [1.54, 1.807) is 20.8 Å². The van der Waals surface area contributed by atoms with Crippen molar-refractivity contribution >= 4 is 47.1 Å². The van der Waals surface area contributed by atoms with Gasteiger partial charge in [-0.25, -0.2) is 14.6 Å². The van der Waals surface area contributed by atoms with Gasteiger partial charge in [-0.15, -0.1) is 24.0 Å². The number of nitrogens with zero attached hydrogens (tertiary/aromatic N) is 2. The summed E-state index contributed by atoms with van der Waals surface area (Å²) in [4.78, 5) is 40.5. The van der Waals surface area contributed by atoms with Crippen LogP contribution in [0.15, 0.2) is 5.38 Å². The molecule has 2 atom stereocenters. The second-order valence-electron chi connectivity index (χ2n) is 5.99. The van der Waals surface area contributed by atoms with Crippen molar-refractivity contribution < 1.29 is 24.2 Å². The number of alkyl carbamates (subject to hydrolysis) is 1. The molecule has 0 aromatic carbocycles. The molecule has 2 rings (SSSR count). The number of aromatic nitrogens is 1. The Labute approximate surface area is 147 Å². The Morgan fingerprint density at radius 2 is 2.25 bits per heavy atom. The number of amides is 2. The molecule has 1 fully saturated rings.